The molecule has 2 aromatic rings. The number of likely N-dealkylation sites (tertiary alicyclic amines) is 2. The average molecular weight is 621 g/mol. The smallest absolute Gasteiger partial charge is 0.410 e. The van der Waals surface area contributed by atoms with Crippen molar-refractivity contribution in [2.45, 2.75) is 82.9 Å². The first-order valence-corrected chi connectivity index (χ1v) is 16.7. The highest BCUT2D eigenvalue weighted by Crippen LogP contribution is 2.38. The number of nitrogens with zero attached hydrogens (tertiary/aromatic N) is 4. The summed E-state index contributed by atoms with van der Waals surface area (Å²) in [6.07, 6.45) is 7.68. The third-order valence-corrected chi connectivity index (χ3v) is 10.1. The molecule has 0 spiro atoms. The zero-order valence-electron chi connectivity index (χ0n) is 26.5. The maximum atomic E-state index is 13.2. The molecule has 10 nitrogen and oxygen atoms in total. The number of hydrogen-bond acceptors (Lipinski definition) is 7. The summed E-state index contributed by atoms with van der Waals surface area (Å²) in [5, 5.41) is 21.3. The fourth-order valence-electron chi connectivity index (χ4n) is 7.85. The maximum absolute atomic E-state index is 13.2. The fourth-order valence-corrected chi connectivity index (χ4v) is 7.85. The molecule has 1 aliphatic carbocycles. The number of rotatable bonds is 12. The molecular weight excluding hydrogens is 572 g/mol. The van der Waals surface area contributed by atoms with E-state index in [0.29, 0.717) is 23.9 Å². The van der Waals surface area contributed by atoms with E-state index in [1.807, 2.05) is 11.0 Å². The van der Waals surface area contributed by atoms with Crippen molar-refractivity contribution in [3.8, 4) is 0 Å². The van der Waals surface area contributed by atoms with Crippen molar-refractivity contribution in [2.75, 3.05) is 39.3 Å². The molecule has 5 rings (SSSR count). The summed E-state index contributed by atoms with van der Waals surface area (Å²) in [7, 11) is 0. The Morgan fingerprint density at radius 2 is 1.69 bits per heavy atom. The number of carboxylic acid groups (broad SMARTS) is 1. The Morgan fingerprint density at radius 3 is 2.31 bits per heavy atom. The molecule has 0 aromatic heterocycles. The van der Waals surface area contributed by atoms with Crippen molar-refractivity contribution < 1.29 is 24.4 Å². The fraction of sp³-hybridized carbons (Fsp3) is 0.600. The Labute approximate surface area is 266 Å². The molecule has 2 aromatic carbocycles. The van der Waals surface area contributed by atoms with Gasteiger partial charge in [0, 0.05) is 63.4 Å². The Morgan fingerprint density at radius 1 is 1.00 bits per heavy atom. The van der Waals surface area contributed by atoms with Crippen LogP contribution in [-0.2, 0) is 16.1 Å². The first kappa shape index (κ1) is 32.9. The second-order valence-electron chi connectivity index (χ2n) is 13.1. The van der Waals surface area contributed by atoms with Gasteiger partial charge in [-0.25, -0.2) is 4.79 Å². The van der Waals surface area contributed by atoms with E-state index in [4.69, 9.17) is 4.74 Å². The predicted molar refractivity (Wildman–Crippen MR) is 172 cm³/mol. The van der Waals surface area contributed by atoms with Crippen LogP contribution in [0.25, 0.3) is 0 Å². The molecule has 3 aliphatic rings. The largest absolute Gasteiger partial charge is 0.480 e. The monoisotopic (exact) mass is 620 g/mol. The molecule has 45 heavy (non-hydrogen) atoms. The number of ether oxygens (including phenoxy) is 1. The van der Waals surface area contributed by atoms with Gasteiger partial charge in [0.2, 0.25) is 0 Å². The molecular formula is C35H48N4O6. The van der Waals surface area contributed by atoms with E-state index in [9.17, 15) is 24.8 Å². The van der Waals surface area contributed by atoms with E-state index in [0.717, 1.165) is 77.7 Å². The van der Waals surface area contributed by atoms with Gasteiger partial charge in [-0.2, -0.15) is 0 Å². The van der Waals surface area contributed by atoms with Crippen LogP contribution in [0.2, 0.25) is 0 Å². The third-order valence-electron chi connectivity index (χ3n) is 10.1. The van der Waals surface area contributed by atoms with Crippen LogP contribution < -0.4 is 0 Å². The van der Waals surface area contributed by atoms with Gasteiger partial charge in [0.25, 0.3) is 5.69 Å². The van der Waals surface area contributed by atoms with Crippen LogP contribution >= 0.6 is 0 Å². The van der Waals surface area contributed by atoms with Crippen molar-refractivity contribution >= 4 is 17.7 Å². The van der Waals surface area contributed by atoms with Gasteiger partial charge in [0.15, 0.2) is 0 Å². The molecule has 0 unspecified atom stereocenters. The van der Waals surface area contributed by atoms with E-state index in [1.54, 1.807) is 12.1 Å². The number of benzene rings is 2. The minimum Gasteiger partial charge on any atom is -0.480 e. The highest BCUT2D eigenvalue weighted by molar-refractivity contribution is 5.74. The molecule has 1 N–H and O–H groups in total. The molecule has 2 saturated heterocycles. The Bertz CT molecular complexity index is 1260. The summed E-state index contributed by atoms with van der Waals surface area (Å²) in [5.41, 5.74) is 2.01. The number of carbonyl (C=O) groups is 2. The van der Waals surface area contributed by atoms with Crippen LogP contribution in [0.1, 0.15) is 75.3 Å². The van der Waals surface area contributed by atoms with Crippen LogP contribution in [0, 0.1) is 22.0 Å². The zero-order chi connectivity index (χ0) is 31.8. The minimum atomic E-state index is -0.674. The Kier molecular flexibility index (Phi) is 11.5. The van der Waals surface area contributed by atoms with Gasteiger partial charge in [0.05, 0.1) is 4.92 Å². The molecule has 244 valence electrons. The molecule has 1 amide bonds. The van der Waals surface area contributed by atoms with Crippen molar-refractivity contribution in [3.05, 3.63) is 75.8 Å². The SMILES string of the molecule is CCCN(C(=O)OCc1ccc([N+](=O)[O-])cc1)C1CCN(C[C@H]2CN([C@@H](C(=O)O)C3CCCCC3)C[C@@H]2c2ccccc2)CC1. The molecule has 1 saturated carbocycles. The van der Waals surface area contributed by atoms with Crippen LogP contribution in [0.4, 0.5) is 10.5 Å². The average Bonchev–Trinajstić information content (AvgIpc) is 3.46. The lowest BCUT2D eigenvalue weighted by Crippen LogP contribution is -2.49. The molecule has 2 heterocycles. The van der Waals surface area contributed by atoms with Crippen molar-refractivity contribution in [2.24, 2.45) is 11.8 Å². The lowest BCUT2D eigenvalue weighted by atomic mass is 9.83. The minimum absolute atomic E-state index is 0.00997. The molecule has 3 atom stereocenters. The normalized spacial score (nSPS) is 22.6. The second-order valence-corrected chi connectivity index (χ2v) is 13.1. The lowest BCUT2D eigenvalue weighted by molar-refractivity contribution is -0.384. The van der Waals surface area contributed by atoms with Gasteiger partial charge in [-0.1, -0.05) is 56.5 Å². The number of aliphatic carboxylic acids is 1. The maximum Gasteiger partial charge on any atom is 0.410 e. The Balaban J connectivity index is 1.19. The van der Waals surface area contributed by atoms with Crippen LogP contribution in [0.15, 0.2) is 54.6 Å². The number of carboxylic acids is 1. The summed E-state index contributed by atoms with van der Waals surface area (Å²) in [5.74, 6) is 0.187. The van der Waals surface area contributed by atoms with E-state index < -0.39 is 16.9 Å². The third kappa shape index (κ3) is 8.41. The first-order chi connectivity index (χ1) is 21.8. The summed E-state index contributed by atoms with van der Waals surface area (Å²) in [6.45, 7) is 7.00. The summed E-state index contributed by atoms with van der Waals surface area (Å²) < 4.78 is 5.65. The van der Waals surface area contributed by atoms with Crippen molar-refractivity contribution in [3.63, 3.8) is 0 Å². The van der Waals surface area contributed by atoms with Gasteiger partial charge < -0.3 is 19.6 Å². The number of nitro benzene ring substituents is 1. The van der Waals surface area contributed by atoms with Gasteiger partial charge in [-0.05, 0) is 67.2 Å². The standard InChI is InChI=1S/C35H48N4O6/c1-2-19-38(35(42)45-25-26-13-15-31(16-14-26)39(43)44)30-17-20-36(21-18-30)22-29-23-37(24-32(29)27-9-5-3-6-10-27)33(34(40)41)28-11-7-4-8-12-28/h3,5-6,9-10,13-16,28-30,32-33H,2,4,7-8,11-12,17-25H2,1H3,(H,40,41)/t29-,32+,33+/m0/s1. The summed E-state index contributed by atoms with van der Waals surface area (Å²) in [6, 6.07) is 16.4. The molecule has 10 heteroatoms. The van der Waals surface area contributed by atoms with E-state index in [-0.39, 0.29) is 30.3 Å². The molecule has 2 aliphatic heterocycles. The zero-order valence-corrected chi connectivity index (χ0v) is 26.5. The highest BCUT2D eigenvalue weighted by atomic mass is 16.6. The molecule has 3 fully saturated rings. The number of piperidine rings is 1. The Hall–Kier alpha value is -3.50. The van der Waals surface area contributed by atoms with Gasteiger partial charge >= 0.3 is 12.1 Å². The number of nitro groups is 1. The summed E-state index contributed by atoms with van der Waals surface area (Å²) in [4.78, 5) is 42.9. The number of non-ortho nitro benzene ring substituents is 1. The van der Waals surface area contributed by atoms with Gasteiger partial charge in [0.1, 0.15) is 12.6 Å². The number of hydrogen-bond donors (Lipinski definition) is 1. The highest BCUT2D eigenvalue weighted by Gasteiger charge is 2.43. The van der Waals surface area contributed by atoms with E-state index >= 15 is 0 Å². The van der Waals surface area contributed by atoms with E-state index in [1.165, 1.54) is 24.1 Å². The summed E-state index contributed by atoms with van der Waals surface area (Å²) >= 11 is 0. The topological polar surface area (TPSA) is 116 Å². The van der Waals surface area contributed by atoms with Gasteiger partial charge in [-0.15, -0.1) is 0 Å². The quantitative estimate of drug-likeness (QED) is 0.222. The molecule has 0 bridgehead atoms. The molecule has 0 radical (unpaired) electrons. The predicted octanol–water partition coefficient (Wildman–Crippen LogP) is 6.16. The lowest BCUT2D eigenvalue weighted by Gasteiger charge is -2.39. The van der Waals surface area contributed by atoms with Crippen LogP contribution in [0.3, 0.4) is 0 Å². The van der Waals surface area contributed by atoms with Crippen molar-refractivity contribution in [1.29, 1.82) is 0 Å². The van der Waals surface area contributed by atoms with E-state index in [2.05, 4.69) is 41.0 Å². The van der Waals surface area contributed by atoms with Gasteiger partial charge in [-0.3, -0.25) is 19.8 Å². The van der Waals surface area contributed by atoms with Crippen molar-refractivity contribution in [1.82, 2.24) is 14.7 Å². The number of carbonyl (C=O) groups excluding carboxylic acids is 1. The van der Waals surface area contributed by atoms with Crippen LogP contribution in [0.5, 0.6) is 0 Å². The first-order valence-electron chi connectivity index (χ1n) is 16.7. The van der Waals surface area contributed by atoms with Crippen LogP contribution in [-0.4, -0.2) is 88.1 Å². The number of amides is 1. The second kappa shape index (κ2) is 15.7.